The molecule has 0 aliphatic heterocycles. The summed E-state index contributed by atoms with van der Waals surface area (Å²) in [5.41, 5.74) is 0.892. The monoisotopic (exact) mass is 222 g/mol. The van der Waals surface area contributed by atoms with Crippen LogP contribution in [0.1, 0.15) is 18.9 Å². The van der Waals surface area contributed by atoms with Crippen molar-refractivity contribution in [3.8, 4) is 0 Å². The average molecular weight is 222 g/mol. The number of nitrogens with one attached hydrogen (secondary N) is 1. The second-order valence-electron chi connectivity index (χ2n) is 3.37. The highest BCUT2D eigenvalue weighted by molar-refractivity contribution is 5.96. The lowest BCUT2D eigenvalue weighted by atomic mass is 10.1. The number of nitrogens with zero attached hydrogens (tertiary/aromatic N) is 1. The standard InChI is InChI=1S/C11H14N2O3/c1-2-9(11(15)16)10(14)13-7-8-3-5-12-6-4-8/h3-6,9H,2,7H2,1H3,(H,13,14)(H,15,16). The lowest BCUT2D eigenvalue weighted by molar-refractivity contribution is -0.147. The van der Waals surface area contributed by atoms with Gasteiger partial charge in [0.2, 0.25) is 5.91 Å². The third kappa shape index (κ3) is 3.34. The van der Waals surface area contributed by atoms with Gasteiger partial charge in [0.15, 0.2) is 0 Å². The molecule has 0 fully saturated rings. The Hall–Kier alpha value is -1.91. The zero-order valence-electron chi connectivity index (χ0n) is 9.01. The molecule has 1 heterocycles. The fourth-order valence-corrected chi connectivity index (χ4v) is 1.29. The maximum atomic E-state index is 11.5. The van der Waals surface area contributed by atoms with E-state index < -0.39 is 17.8 Å². The van der Waals surface area contributed by atoms with Crippen LogP contribution >= 0.6 is 0 Å². The van der Waals surface area contributed by atoms with E-state index >= 15 is 0 Å². The van der Waals surface area contributed by atoms with Crippen molar-refractivity contribution < 1.29 is 14.7 Å². The molecule has 0 aliphatic rings. The van der Waals surface area contributed by atoms with Crippen molar-refractivity contribution in [1.29, 1.82) is 0 Å². The Morgan fingerprint density at radius 3 is 2.56 bits per heavy atom. The summed E-state index contributed by atoms with van der Waals surface area (Å²) in [4.78, 5) is 26.0. The Kier molecular flexibility index (Phi) is 4.44. The molecule has 0 spiro atoms. The molecule has 0 bridgehead atoms. The molecule has 16 heavy (non-hydrogen) atoms. The highest BCUT2D eigenvalue weighted by atomic mass is 16.4. The number of carboxylic acid groups (broad SMARTS) is 1. The fraction of sp³-hybridized carbons (Fsp3) is 0.364. The summed E-state index contributed by atoms with van der Waals surface area (Å²) >= 11 is 0. The number of carboxylic acids is 1. The lowest BCUT2D eigenvalue weighted by Crippen LogP contribution is -2.34. The fourth-order valence-electron chi connectivity index (χ4n) is 1.29. The van der Waals surface area contributed by atoms with Crippen LogP contribution in [0.2, 0.25) is 0 Å². The highest BCUT2D eigenvalue weighted by Crippen LogP contribution is 2.03. The summed E-state index contributed by atoms with van der Waals surface area (Å²) in [5.74, 6) is -2.51. The SMILES string of the molecule is CCC(C(=O)O)C(=O)NCc1ccncc1. The molecule has 1 atom stereocenters. The molecule has 0 saturated heterocycles. The van der Waals surface area contributed by atoms with Crippen molar-refractivity contribution in [3.63, 3.8) is 0 Å². The molecule has 1 aromatic heterocycles. The van der Waals surface area contributed by atoms with E-state index in [1.165, 1.54) is 0 Å². The number of rotatable bonds is 5. The molecule has 5 heteroatoms. The number of aromatic nitrogens is 1. The molecular weight excluding hydrogens is 208 g/mol. The summed E-state index contributed by atoms with van der Waals surface area (Å²) in [6, 6.07) is 3.53. The van der Waals surface area contributed by atoms with Crippen LogP contribution in [0.25, 0.3) is 0 Å². The van der Waals surface area contributed by atoms with Gasteiger partial charge in [-0.05, 0) is 24.1 Å². The Morgan fingerprint density at radius 2 is 2.06 bits per heavy atom. The third-order valence-corrected chi connectivity index (χ3v) is 2.24. The Bertz CT molecular complexity index is 365. The van der Waals surface area contributed by atoms with Crippen molar-refractivity contribution in [2.24, 2.45) is 5.92 Å². The van der Waals surface area contributed by atoms with Gasteiger partial charge < -0.3 is 10.4 Å². The number of hydrogen-bond acceptors (Lipinski definition) is 3. The minimum Gasteiger partial charge on any atom is -0.481 e. The number of aliphatic carboxylic acids is 1. The number of amides is 1. The first-order chi connectivity index (χ1) is 7.65. The van der Waals surface area contributed by atoms with Gasteiger partial charge in [-0.15, -0.1) is 0 Å². The normalized spacial score (nSPS) is 11.8. The summed E-state index contributed by atoms with van der Waals surface area (Å²) in [5, 5.41) is 11.4. The van der Waals surface area contributed by atoms with Crippen molar-refractivity contribution in [2.45, 2.75) is 19.9 Å². The van der Waals surface area contributed by atoms with Crippen molar-refractivity contribution >= 4 is 11.9 Å². The van der Waals surface area contributed by atoms with E-state index in [9.17, 15) is 9.59 Å². The van der Waals surface area contributed by atoms with Gasteiger partial charge in [-0.2, -0.15) is 0 Å². The van der Waals surface area contributed by atoms with Crippen LogP contribution in [-0.4, -0.2) is 22.0 Å². The largest absolute Gasteiger partial charge is 0.481 e. The Morgan fingerprint density at radius 1 is 1.44 bits per heavy atom. The second-order valence-corrected chi connectivity index (χ2v) is 3.37. The highest BCUT2D eigenvalue weighted by Gasteiger charge is 2.23. The first kappa shape index (κ1) is 12.2. The first-order valence-electron chi connectivity index (χ1n) is 5.04. The van der Waals surface area contributed by atoms with Crippen LogP contribution in [0, 0.1) is 5.92 Å². The van der Waals surface area contributed by atoms with Gasteiger partial charge >= 0.3 is 5.97 Å². The van der Waals surface area contributed by atoms with E-state index in [4.69, 9.17) is 5.11 Å². The van der Waals surface area contributed by atoms with Crippen LogP contribution < -0.4 is 5.32 Å². The minimum atomic E-state index is -1.09. The van der Waals surface area contributed by atoms with E-state index in [1.807, 2.05) is 0 Å². The zero-order valence-corrected chi connectivity index (χ0v) is 9.01. The van der Waals surface area contributed by atoms with Crippen molar-refractivity contribution in [1.82, 2.24) is 10.3 Å². The molecule has 1 rings (SSSR count). The van der Waals surface area contributed by atoms with Gasteiger partial charge in [0.05, 0.1) is 0 Å². The van der Waals surface area contributed by atoms with Crippen LogP contribution in [0.4, 0.5) is 0 Å². The zero-order chi connectivity index (χ0) is 12.0. The topological polar surface area (TPSA) is 79.3 Å². The van der Waals surface area contributed by atoms with E-state index in [0.29, 0.717) is 6.54 Å². The number of carbonyl (C=O) groups excluding carboxylic acids is 1. The first-order valence-corrected chi connectivity index (χ1v) is 5.04. The summed E-state index contributed by atoms with van der Waals surface area (Å²) in [6.45, 7) is 2.00. The molecule has 1 aromatic rings. The molecule has 86 valence electrons. The molecule has 0 aliphatic carbocycles. The molecule has 0 saturated carbocycles. The maximum absolute atomic E-state index is 11.5. The molecule has 0 radical (unpaired) electrons. The van der Waals surface area contributed by atoms with Crippen molar-refractivity contribution in [2.75, 3.05) is 0 Å². The van der Waals surface area contributed by atoms with Crippen LogP contribution in [0.3, 0.4) is 0 Å². The average Bonchev–Trinajstić information content (AvgIpc) is 2.28. The second kappa shape index (κ2) is 5.85. The van der Waals surface area contributed by atoms with Gasteiger partial charge in [-0.25, -0.2) is 0 Å². The van der Waals surface area contributed by atoms with Gasteiger partial charge in [-0.3, -0.25) is 14.6 Å². The summed E-state index contributed by atoms with van der Waals surface area (Å²) < 4.78 is 0. The Labute approximate surface area is 93.5 Å². The predicted octanol–water partition coefficient (Wildman–Crippen LogP) is 0.809. The summed E-state index contributed by atoms with van der Waals surface area (Å²) in [7, 11) is 0. The molecular formula is C11H14N2O3. The molecule has 1 amide bonds. The van der Waals surface area contributed by atoms with Crippen molar-refractivity contribution in [3.05, 3.63) is 30.1 Å². The van der Waals surface area contributed by atoms with E-state index in [2.05, 4.69) is 10.3 Å². The lowest BCUT2D eigenvalue weighted by Gasteiger charge is -2.10. The molecule has 5 nitrogen and oxygen atoms in total. The number of hydrogen-bond donors (Lipinski definition) is 2. The third-order valence-electron chi connectivity index (χ3n) is 2.24. The minimum absolute atomic E-state index is 0.289. The van der Waals surface area contributed by atoms with Crippen LogP contribution in [0.5, 0.6) is 0 Å². The van der Waals surface area contributed by atoms with Crippen LogP contribution in [-0.2, 0) is 16.1 Å². The van der Waals surface area contributed by atoms with Gasteiger partial charge in [-0.1, -0.05) is 6.92 Å². The smallest absolute Gasteiger partial charge is 0.316 e. The predicted molar refractivity (Wildman–Crippen MR) is 57.5 cm³/mol. The van der Waals surface area contributed by atoms with Gasteiger partial charge in [0.1, 0.15) is 5.92 Å². The molecule has 2 N–H and O–H groups in total. The molecule has 1 unspecified atom stereocenters. The van der Waals surface area contributed by atoms with Crippen LogP contribution in [0.15, 0.2) is 24.5 Å². The Balaban J connectivity index is 2.49. The number of pyridine rings is 1. The van der Waals surface area contributed by atoms with Gasteiger partial charge in [0, 0.05) is 18.9 Å². The number of carbonyl (C=O) groups is 2. The van der Waals surface area contributed by atoms with E-state index in [0.717, 1.165) is 5.56 Å². The molecule has 0 aromatic carbocycles. The van der Waals surface area contributed by atoms with E-state index in [1.54, 1.807) is 31.5 Å². The van der Waals surface area contributed by atoms with E-state index in [-0.39, 0.29) is 6.42 Å². The summed E-state index contributed by atoms with van der Waals surface area (Å²) in [6.07, 6.45) is 3.53. The van der Waals surface area contributed by atoms with Gasteiger partial charge in [0.25, 0.3) is 0 Å². The maximum Gasteiger partial charge on any atom is 0.316 e. The quantitative estimate of drug-likeness (QED) is 0.722.